The SMILES string of the molecule is c1cc(-c2cccc3ccccc23)cc(N(c2cccc(-c3cc4ccccc4c4ccccc34)c2)c2ccc3ccccc3c2)c1. The molecule has 0 aliphatic heterocycles. The van der Waals surface area contributed by atoms with Crippen LogP contribution >= 0.6 is 0 Å². The molecule has 0 atom stereocenters. The predicted molar refractivity (Wildman–Crippen MR) is 202 cm³/mol. The highest BCUT2D eigenvalue weighted by Gasteiger charge is 2.17. The van der Waals surface area contributed by atoms with Crippen molar-refractivity contribution >= 4 is 60.2 Å². The summed E-state index contributed by atoms with van der Waals surface area (Å²) in [5, 5.41) is 10.0. The minimum absolute atomic E-state index is 1.12. The first-order chi connectivity index (χ1) is 23.3. The summed E-state index contributed by atoms with van der Waals surface area (Å²) in [6.07, 6.45) is 0. The van der Waals surface area contributed by atoms with Crippen LogP contribution < -0.4 is 4.90 Å². The van der Waals surface area contributed by atoms with Crippen LogP contribution in [0.2, 0.25) is 0 Å². The fraction of sp³-hybridized carbons (Fsp3) is 0. The normalized spacial score (nSPS) is 11.4. The van der Waals surface area contributed by atoms with Crippen molar-refractivity contribution in [1.82, 2.24) is 0 Å². The van der Waals surface area contributed by atoms with Crippen LogP contribution in [0.25, 0.3) is 65.3 Å². The Morgan fingerprint density at radius 1 is 0.255 bits per heavy atom. The minimum Gasteiger partial charge on any atom is -0.310 e. The van der Waals surface area contributed by atoms with Crippen LogP contribution in [0.1, 0.15) is 0 Å². The molecule has 47 heavy (non-hydrogen) atoms. The molecule has 0 heterocycles. The van der Waals surface area contributed by atoms with E-state index in [2.05, 4.69) is 193 Å². The second-order valence-corrected chi connectivity index (χ2v) is 12.2. The molecule has 9 aromatic rings. The van der Waals surface area contributed by atoms with Gasteiger partial charge >= 0.3 is 0 Å². The summed E-state index contributed by atoms with van der Waals surface area (Å²) in [6, 6.07) is 68.3. The molecular formula is C46H31N. The molecule has 0 radical (unpaired) electrons. The van der Waals surface area contributed by atoms with Crippen molar-refractivity contribution < 1.29 is 0 Å². The lowest BCUT2D eigenvalue weighted by Crippen LogP contribution is -2.10. The second-order valence-electron chi connectivity index (χ2n) is 12.2. The Hall–Kier alpha value is -6.18. The second kappa shape index (κ2) is 11.3. The van der Waals surface area contributed by atoms with Gasteiger partial charge in [-0.15, -0.1) is 0 Å². The van der Waals surface area contributed by atoms with Crippen LogP contribution in [0, 0.1) is 0 Å². The van der Waals surface area contributed by atoms with Gasteiger partial charge in [-0.05, 0) is 108 Å². The van der Waals surface area contributed by atoms with Gasteiger partial charge in [-0.3, -0.25) is 0 Å². The van der Waals surface area contributed by atoms with Crippen LogP contribution in [0.4, 0.5) is 17.1 Å². The van der Waals surface area contributed by atoms with Gasteiger partial charge in [0, 0.05) is 17.1 Å². The molecule has 9 aromatic carbocycles. The van der Waals surface area contributed by atoms with Crippen molar-refractivity contribution in [3.05, 3.63) is 188 Å². The Kier molecular flexibility index (Phi) is 6.54. The molecule has 0 amide bonds. The van der Waals surface area contributed by atoms with E-state index in [0.717, 1.165) is 17.1 Å². The van der Waals surface area contributed by atoms with Gasteiger partial charge in [-0.2, -0.15) is 0 Å². The average molecular weight is 598 g/mol. The molecule has 0 spiro atoms. The number of hydrogen-bond donors (Lipinski definition) is 0. The third-order valence-corrected chi connectivity index (χ3v) is 9.38. The fourth-order valence-electron chi connectivity index (χ4n) is 7.16. The van der Waals surface area contributed by atoms with Crippen LogP contribution in [0.15, 0.2) is 188 Å². The lowest BCUT2D eigenvalue weighted by Gasteiger charge is -2.27. The van der Waals surface area contributed by atoms with Gasteiger partial charge in [-0.25, -0.2) is 0 Å². The first-order valence-electron chi connectivity index (χ1n) is 16.2. The summed E-state index contributed by atoms with van der Waals surface area (Å²) in [5.74, 6) is 0. The number of fused-ring (bicyclic) bond motifs is 5. The van der Waals surface area contributed by atoms with Crippen molar-refractivity contribution in [1.29, 1.82) is 0 Å². The molecule has 9 rings (SSSR count). The predicted octanol–water partition coefficient (Wildman–Crippen LogP) is 13.1. The summed E-state index contributed by atoms with van der Waals surface area (Å²) >= 11 is 0. The monoisotopic (exact) mass is 597 g/mol. The fourth-order valence-corrected chi connectivity index (χ4v) is 7.16. The lowest BCUT2D eigenvalue weighted by molar-refractivity contribution is 1.29. The Balaban J connectivity index is 1.25. The molecule has 220 valence electrons. The zero-order valence-electron chi connectivity index (χ0n) is 25.8. The zero-order chi connectivity index (χ0) is 31.2. The van der Waals surface area contributed by atoms with E-state index in [9.17, 15) is 0 Å². The quantitative estimate of drug-likeness (QED) is 0.178. The van der Waals surface area contributed by atoms with Gasteiger partial charge < -0.3 is 4.90 Å². The highest BCUT2D eigenvalue weighted by atomic mass is 15.1. The lowest BCUT2D eigenvalue weighted by atomic mass is 9.93. The highest BCUT2D eigenvalue weighted by molar-refractivity contribution is 6.14. The van der Waals surface area contributed by atoms with Crippen LogP contribution in [0.3, 0.4) is 0 Å². The highest BCUT2D eigenvalue weighted by Crippen LogP contribution is 2.42. The smallest absolute Gasteiger partial charge is 0.0468 e. The van der Waals surface area contributed by atoms with Gasteiger partial charge in [0.1, 0.15) is 0 Å². The number of anilines is 3. The van der Waals surface area contributed by atoms with E-state index in [4.69, 9.17) is 0 Å². The molecule has 0 unspecified atom stereocenters. The zero-order valence-corrected chi connectivity index (χ0v) is 25.8. The molecule has 0 aromatic heterocycles. The van der Waals surface area contributed by atoms with Crippen LogP contribution in [-0.2, 0) is 0 Å². The van der Waals surface area contributed by atoms with Crippen molar-refractivity contribution in [3.8, 4) is 22.3 Å². The largest absolute Gasteiger partial charge is 0.310 e. The molecule has 1 heteroatoms. The van der Waals surface area contributed by atoms with E-state index in [1.165, 1.54) is 65.3 Å². The molecule has 1 nitrogen and oxygen atoms in total. The first kappa shape index (κ1) is 27.2. The molecule has 0 bridgehead atoms. The third kappa shape index (κ3) is 4.81. The standard InChI is InChI=1S/C46H31N/c1-2-14-34-28-40(27-26-32(34)12-1)47(38-19-9-17-35(29-38)42-25-11-16-33-13-3-5-21-41(33)42)39-20-10-18-36(30-39)46-31-37-15-4-6-22-43(37)44-23-7-8-24-45(44)46/h1-31H. The maximum Gasteiger partial charge on any atom is 0.0468 e. The number of nitrogens with zero attached hydrogens (tertiary/aromatic N) is 1. The van der Waals surface area contributed by atoms with Gasteiger partial charge in [0.05, 0.1) is 0 Å². The third-order valence-electron chi connectivity index (χ3n) is 9.38. The number of benzene rings is 9. The van der Waals surface area contributed by atoms with Gasteiger partial charge in [0.2, 0.25) is 0 Å². The van der Waals surface area contributed by atoms with E-state index in [-0.39, 0.29) is 0 Å². The Morgan fingerprint density at radius 2 is 0.787 bits per heavy atom. The van der Waals surface area contributed by atoms with E-state index in [1.54, 1.807) is 0 Å². The van der Waals surface area contributed by atoms with E-state index in [1.807, 2.05) is 0 Å². The Bertz CT molecular complexity index is 2590. The van der Waals surface area contributed by atoms with E-state index >= 15 is 0 Å². The molecule has 0 N–H and O–H groups in total. The summed E-state index contributed by atoms with van der Waals surface area (Å²) in [5.41, 5.74) is 8.22. The number of hydrogen-bond acceptors (Lipinski definition) is 1. The molecular weight excluding hydrogens is 567 g/mol. The topological polar surface area (TPSA) is 3.24 Å². The van der Waals surface area contributed by atoms with Crippen LogP contribution in [0.5, 0.6) is 0 Å². The maximum atomic E-state index is 2.40. The summed E-state index contributed by atoms with van der Waals surface area (Å²) in [6.45, 7) is 0. The molecule has 0 saturated carbocycles. The van der Waals surface area contributed by atoms with Crippen molar-refractivity contribution in [2.24, 2.45) is 0 Å². The maximum absolute atomic E-state index is 2.40. The number of rotatable bonds is 5. The van der Waals surface area contributed by atoms with Crippen molar-refractivity contribution in [2.45, 2.75) is 0 Å². The van der Waals surface area contributed by atoms with Crippen molar-refractivity contribution in [3.63, 3.8) is 0 Å². The van der Waals surface area contributed by atoms with Gasteiger partial charge in [-0.1, -0.05) is 146 Å². The first-order valence-corrected chi connectivity index (χ1v) is 16.2. The van der Waals surface area contributed by atoms with Gasteiger partial charge in [0.15, 0.2) is 0 Å². The van der Waals surface area contributed by atoms with E-state index in [0.29, 0.717) is 0 Å². The summed E-state index contributed by atoms with van der Waals surface area (Å²) in [7, 11) is 0. The van der Waals surface area contributed by atoms with Gasteiger partial charge in [0.25, 0.3) is 0 Å². The molecule has 0 aliphatic carbocycles. The Labute approximate surface area is 274 Å². The molecule has 0 fully saturated rings. The summed E-state index contributed by atoms with van der Waals surface area (Å²) < 4.78 is 0. The van der Waals surface area contributed by atoms with Crippen molar-refractivity contribution in [2.75, 3.05) is 4.90 Å². The molecule has 0 aliphatic rings. The Morgan fingerprint density at radius 3 is 1.55 bits per heavy atom. The molecule has 0 saturated heterocycles. The minimum atomic E-state index is 1.12. The van der Waals surface area contributed by atoms with Crippen LogP contribution in [-0.4, -0.2) is 0 Å². The summed E-state index contributed by atoms with van der Waals surface area (Å²) in [4.78, 5) is 2.40. The average Bonchev–Trinajstić information content (AvgIpc) is 3.14. The van der Waals surface area contributed by atoms with E-state index < -0.39 is 0 Å².